The second kappa shape index (κ2) is 6.33. The van der Waals surface area contributed by atoms with E-state index >= 15 is 0 Å². The zero-order chi connectivity index (χ0) is 17.1. The van der Waals surface area contributed by atoms with Crippen molar-refractivity contribution in [1.82, 2.24) is 10.4 Å². The van der Waals surface area contributed by atoms with E-state index in [1.807, 2.05) is 5.43 Å². The molecule has 1 aromatic carbocycles. The van der Waals surface area contributed by atoms with Crippen LogP contribution in [0.15, 0.2) is 18.2 Å². The van der Waals surface area contributed by atoms with Gasteiger partial charge in [-0.25, -0.2) is 9.80 Å². The van der Waals surface area contributed by atoms with E-state index in [0.717, 1.165) is 20.0 Å². The summed E-state index contributed by atoms with van der Waals surface area (Å²) in [5, 5.41) is 2.78. The van der Waals surface area contributed by atoms with Gasteiger partial charge in [-0.1, -0.05) is 0 Å². The maximum atomic E-state index is 12.8. The molecule has 0 aliphatic rings. The molecule has 1 rings (SSSR count). The molecule has 4 amide bonds. The number of hydrogen-bond acceptors (Lipinski definition) is 3. The molecular weight excluding hydrogens is 305 g/mol. The molecule has 0 unspecified atom stereocenters. The number of primary amides is 1. The molecule has 1 aromatic rings. The lowest BCUT2D eigenvalue weighted by molar-refractivity contribution is -0.137. The van der Waals surface area contributed by atoms with Crippen LogP contribution in [-0.2, 0) is 11.0 Å². The predicted octanol–water partition coefficient (Wildman–Crippen LogP) is 1.32. The molecule has 0 spiro atoms. The van der Waals surface area contributed by atoms with Crippen molar-refractivity contribution in [2.45, 2.75) is 13.1 Å². The first kappa shape index (κ1) is 17.3. The van der Waals surface area contributed by atoms with Gasteiger partial charge in [0.2, 0.25) is 5.91 Å². The van der Waals surface area contributed by atoms with E-state index in [2.05, 4.69) is 5.32 Å². The van der Waals surface area contributed by atoms with Gasteiger partial charge < -0.3 is 11.1 Å². The Kier molecular flexibility index (Phi) is 4.97. The standard InChI is InChI=1S/C12H13F3N4O3/c1-6(20)17-9-4-7(3-8(5-9)12(13,14)15)10(21)18-19(2)11(16)22/h3-5H,1-2H3,(H2,16,22)(H,17,20)(H,18,21). The molecule has 0 aliphatic carbocycles. The summed E-state index contributed by atoms with van der Waals surface area (Å²) in [5.74, 6) is -1.58. The molecule has 0 saturated carbocycles. The lowest BCUT2D eigenvalue weighted by atomic mass is 10.1. The minimum Gasteiger partial charge on any atom is -0.350 e. The van der Waals surface area contributed by atoms with Crippen LogP contribution in [0.2, 0.25) is 0 Å². The average Bonchev–Trinajstić information content (AvgIpc) is 2.36. The largest absolute Gasteiger partial charge is 0.416 e. The number of carbonyl (C=O) groups is 3. The van der Waals surface area contributed by atoms with E-state index in [0.29, 0.717) is 17.1 Å². The number of alkyl halides is 3. The molecule has 0 fully saturated rings. The molecule has 0 atom stereocenters. The maximum absolute atomic E-state index is 12.8. The molecule has 22 heavy (non-hydrogen) atoms. The summed E-state index contributed by atoms with van der Waals surface area (Å²) in [6.45, 7) is 1.11. The maximum Gasteiger partial charge on any atom is 0.416 e. The van der Waals surface area contributed by atoms with Gasteiger partial charge in [0.25, 0.3) is 5.91 Å². The minimum atomic E-state index is -4.71. The Morgan fingerprint density at radius 1 is 1.18 bits per heavy atom. The monoisotopic (exact) mass is 318 g/mol. The predicted molar refractivity (Wildman–Crippen MR) is 70.6 cm³/mol. The van der Waals surface area contributed by atoms with Crippen molar-refractivity contribution in [3.63, 3.8) is 0 Å². The van der Waals surface area contributed by atoms with Crippen LogP contribution < -0.4 is 16.5 Å². The molecular formula is C12H13F3N4O3. The SMILES string of the molecule is CC(=O)Nc1cc(C(=O)NN(C)C(N)=O)cc(C(F)(F)F)c1. The van der Waals surface area contributed by atoms with Crippen LogP contribution >= 0.6 is 0 Å². The summed E-state index contributed by atoms with van der Waals surface area (Å²) in [4.78, 5) is 33.6. The Morgan fingerprint density at radius 3 is 2.23 bits per heavy atom. The molecule has 4 N–H and O–H groups in total. The van der Waals surface area contributed by atoms with Crippen LogP contribution in [0.1, 0.15) is 22.8 Å². The van der Waals surface area contributed by atoms with Crippen LogP contribution in [0, 0.1) is 0 Å². The number of benzene rings is 1. The van der Waals surface area contributed by atoms with Crippen molar-refractivity contribution in [1.29, 1.82) is 0 Å². The van der Waals surface area contributed by atoms with Crippen molar-refractivity contribution in [3.8, 4) is 0 Å². The van der Waals surface area contributed by atoms with E-state index in [9.17, 15) is 27.6 Å². The summed E-state index contributed by atoms with van der Waals surface area (Å²) in [6, 6.07) is 1.33. The molecule has 0 radical (unpaired) electrons. The first-order valence-electron chi connectivity index (χ1n) is 5.84. The number of nitrogens with two attached hydrogens (primary N) is 1. The van der Waals surface area contributed by atoms with Crippen LogP contribution in [0.25, 0.3) is 0 Å². The van der Waals surface area contributed by atoms with Crippen LogP contribution in [0.3, 0.4) is 0 Å². The van der Waals surface area contributed by atoms with Gasteiger partial charge in [-0.05, 0) is 18.2 Å². The van der Waals surface area contributed by atoms with Crippen LogP contribution in [0.4, 0.5) is 23.7 Å². The number of nitrogens with zero attached hydrogens (tertiary/aromatic N) is 1. The number of nitrogens with one attached hydrogen (secondary N) is 2. The van der Waals surface area contributed by atoms with Crippen molar-refractivity contribution in [2.24, 2.45) is 5.73 Å². The van der Waals surface area contributed by atoms with E-state index in [-0.39, 0.29) is 5.69 Å². The number of carbonyl (C=O) groups excluding carboxylic acids is 3. The van der Waals surface area contributed by atoms with Gasteiger partial charge >= 0.3 is 12.2 Å². The van der Waals surface area contributed by atoms with Crippen molar-refractivity contribution < 1.29 is 27.6 Å². The summed E-state index contributed by atoms with van der Waals surface area (Å²) < 4.78 is 38.4. The van der Waals surface area contributed by atoms with Gasteiger partial charge in [0.15, 0.2) is 0 Å². The summed E-state index contributed by atoms with van der Waals surface area (Å²) in [6.07, 6.45) is -4.71. The van der Waals surface area contributed by atoms with Gasteiger partial charge in [0, 0.05) is 25.2 Å². The van der Waals surface area contributed by atoms with E-state index in [1.165, 1.54) is 0 Å². The summed E-state index contributed by atoms with van der Waals surface area (Å²) >= 11 is 0. The zero-order valence-electron chi connectivity index (χ0n) is 11.6. The third kappa shape index (κ3) is 4.65. The highest BCUT2D eigenvalue weighted by Gasteiger charge is 2.32. The Balaban J connectivity index is 3.20. The Morgan fingerprint density at radius 2 is 1.77 bits per heavy atom. The first-order valence-corrected chi connectivity index (χ1v) is 5.84. The fourth-order valence-corrected chi connectivity index (χ4v) is 1.47. The number of rotatable bonds is 2. The van der Waals surface area contributed by atoms with Gasteiger partial charge in [-0.2, -0.15) is 13.2 Å². The molecule has 0 bridgehead atoms. The minimum absolute atomic E-state index is 0.200. The Bertz CT molecular complexity index is 616. The van der Waals surface area contributed by atoms with Gasteiger partial charge in [-0.15, -0.1) is 0 Å². The summed E-state index contributed by atoms with van der Waals surface area (Å²) in [5.41, 5.74) is 5.17. The molecule has 0 heterocycles. The number of amides is 4. The normalized spacial score (nSPS) is 10.8. The van der Waals surface area contributed by atoms with E-state index in [4.69, 9.17) is 5.73 Å². The topological polar surface area (TPSA) is 105 Å². The van der Waals surface area contributed by atoms with Crippen molar-refractivity contribution >= 4 is 23.5 Å². The lowest BCUT2D eigenvalue weighted by Crippen LogP contribution is -2.46. The number of halogens is 3. The quantitative estimate of drug-likeness (QED) is 0.716. The zero-order valence-corrected chi connectivity index (χ0v) is 11.6. The third-order valence-electron chi connectivity index (χ3n) is 2.44. The molecule has 10 heteroatoms. The molecule has 120 valence electrons. The average molecular weight is 318 g/mol. The fraction of sp³-hybridized carbons (Fsp3) is 0.250. The highest BCUT2D eigenvalue weighted by atomic mass is 19.4. The Hall–Kier alpha value is -2.78. The first-order chi connectivity index (χ1) is 10.0. The lowest BCUT2D eigenvalue weighted by Gasteiger charge is -2.17. The van der Waals surface area contributed by atoms with Crippen molar-refractivity contribution in [3.05, 3.63) is 29.3 Å². The van der Waals surface area contributed by atoms with Gasteiger partial charge in [-0.3, -0.25) is 15.0 Å². The Labute approximate surface area is 123 Å². The molecule has 7 nitrogen and oxygen atoms in total. The third-order valence-corrected chi connectivity index (χ3v) is 2.44. The van der Waals surface area contributed by atoms with Crippen molar-refractivity contribution in [2.75, 3.05) is 12.4 Å². The molecule has 0 aromatic heterocycles. The molecule has 0 saturated heterocycles. The number of hydrogen-bond donors (Lipinski definition) is 3. The smallest absolute Gasteiger partial charge is 0.350 e. The van der Waals surface area contributed by atoms with E-state index in [1.54, 1.807) is 0 Å². The number of anilines is 1. The second-order valence-electron chi connectivity index (χ2n) is 4.32. The van der Waals surface area contributed by atoms with E-state index < -0.39 is 35.1 Å². The summed E-state index contributed by atoms with van der Waals surface area (Å²) in [7, 11) is 1.13. The number of urea groups is 1. The van der Waals surface area contributed by atoms with Gasteiger partial charge in [0.05, 0.1) is 5.56 Å². The number of hydrazine groups is 1. The van der Waals surface area contributed by atoms with Crippen LogP contribution in [-0.4, -0.2) is 29.9 Å². The second-order valence-corrected chi connectivity index (χ2v) is 4.32. The fourth-order valence-electron chi connectivity index (χ4n) is 1.47. The van der Waals surface area contributed by atoms with Crippen LogP contribution in [0.5, 0.6) is 0 Å². The molecule has 0 aliphatic heterocycles. The highest BCUT2D eigenvalue weighted by molar-refractivity contribution is 5.97. The highest BCUT2D eigenvalue weighted by Crippen LogP contribution is 2.32. The van der Waals surface area contributed by atoms with Gasteiger partial charge in [0.1, 0.15) is 0 Å².